The number of aromatic nitrogens is 1. The Morgan fingerprint density at radius 3 is 1.85 bits per heavy atom. The molecule has 0 aliphatic carbocycles. The first-order valence-electron chi connectivity index (χ1n) is 16.1. The lowest BCUT2D eigenvalue weighted by molar-refractivity contribution is 0.669. The van der Waals surface area contributed by atoms with Crippen LogP contribution in [0, 0.1) is 0 Å². The zero-order valence-corrected chi connectivity index (χ0v) is 25.4. The third-order valence-electron chi connectivity index (χ3n) is 9.63. The molecule has 10 rings (SSSR count). The summed E-state index contributed by atoms with van der Waals surface area (Å²) in [5.41, 5.74) is 9.54. The van der Waals surface area contributed by atoms with Crippen LogP contribution in [0.4, 0.5) is 0 Å². The normalized spacial score (nSPS) is 11.8. The van der Waals surface area contributed by atoms with Crippen LogP contribution < -0.4 is 0 Å². The van der Waals surface area contributed by atoms with E-state index in [1.807, 2.05) is 6.07 Å². The van der Waals surface area contributed by atoms with Gasteiger partial charge in [-0.15, -0.1) is 0 Å². The van der Waals surface area contributed by atoms with Gasteiger partial charge < -0.3 is 4.42 Å². The third kappa shape index (κ3) is 3.95. The zero-order valence-electron chi connectivity index (χ0n) is 25.4. The van der Waals surface area contributed by atoms with Crippen molar-refractivity contribution < 1.29 is 4.42 Å². The van der Waals surface area contributed by atoms with Crippen LogP contribution >= 0.6 is 0 Å². The number of furan rings is 1. The lowest BCUT2D eigenvalue weighted by atomic mass is 9.88. The molecule has 10 aromatic rings. The van der Waals surface area contributed by atoms with Crippen LogP contribution in [0.2, 0.25) is 0 Å². The number of benzene rings is 8. The van der Waals surface area contributed by atoms with Crippen LogP contribution in [-0.2, 0) is 0 Å². The molecule has 0 bridgehead atoms. The Kier molecular flexibility index (Phi) is 5.61. The number of nitrogens with zero attached hydrogens (tertiary/aromatic N) is 1. The number of rotatable bonds is 3. The van der Waals surface area contributed by atoms with Crippen LogP contribution in [0.25, 0.3) is 98.7 Å². The zero-order chi connectivity index (χ0) is 30.9. The maximum atomic E-state index is 6.58. The van der Waals surface area contributed by atoms with Crippen molar-refractivity contribution >= 4 is 65.2 Å². The average molecular weight is 598 g/mol. The van der Waals surface area contributed by atoms with E-state index in [0.717, 1.165) is 55.0 Å². The lowest BCUT2D eigenvalue weighted by Gasteiger charge is -2.16. The highest BCUT2D eigenvalue weighted by atomic mass is 16.3. The summed E-state index contributed by atoms with van der Waals surface area (Å²) < 4.78 is 6.58. The molecule has 47 heavy (non-hydrogen) atoms. The maximum Gasteiger partial charge on any atom is 0.136 e. The van der Waals surface area contributed by atoms with Crippen molar-refractivity contribution in [2.24, 2.45) is 0 Å². The van der Waals surface area contributed by atoms with Gasteiger partial charge in [0.2, 0.25) is 0 Å². The van der Waals surface area contributed by atoms with Gasteiger partial charge in [-0.1, -0.05) is 140 Å². The minimum absolute atomic E-state index is 0.868. The lowest BCUT2D eigenvalue weighted by Crippen LogP contribution is -1.93. The van der Waals surface area contributed by atoms with Gasteiger partial charge in [-0.25, -0.2) is 4.98 Å². The van der Waals surface area contributed by atoms with Crippen LogP contribution in [-0.4, -0.2) is 4.98 Å². The molecule has 0 amide bonds. The van der Waals surface area contributed by atoms with Crippen molar-refractivity contribution in [2.45, 2.75) is 0 Å². The molecule has 2 aromatic heterocycles. The van der Waals surface area contributed by atoms with Gasteiger partial charge in [0.15, 0.2) is 0 Å². The SMILES string of the molecule is c1ccc(-c2nc3ccccc3c3c(-c4ccc(-c5cc6ccccc6c6ccccc56)cc4)c4c(cc23)oc2ccccc24)cc1. The van der Waals surface area contributed by atoms with Gasteiger partial charge in [0.25, 0.3) is 0 Å². The van der Waals surface area contributed by atoms with Crippen molar-refractivity contribution in [2.75, 3.05) is 0 Å². The van der Waals surface area contributed by atoms with Gasteiger partial charge in [0.1, 0.15) is 11.2 Å². The van der Waals surface area contributed by atoms with Gasteiger partial charge in [-0.3, -0.25) is 0 Å². The predicted molar refractivity (Wildman–Crippen MR) is 198 cm³/mol. The molecular formula is C45H27NO. The quantitative estimate of drug-likeness (QED) is 0.189. The summed E-state index contributed by atoms with van der Waals surface area (Å²) in [7, 11) is 0. The van der Waals surface area contributed by atoms with Crippen LogP contribution in [0.5, 0.6) is 0 Å². The number of hydrogen-bond acceptors (Lipinski definition) is 2. The predicted octanol–water partition coefficient (Wildman–Crippen LogP) is 12.6. The second-order valence-corrected chi connectivity index (χ2v) is 12.3. The summed E-state index contributed by atoms with van der Waals surface area (Å²) in [5.74, 6) is 0. The molecule has 0 atom stereocenters. The van der Waals surface area contributed by atoms with Crippen LogP contribution in [0.3, 0.4) is 0 Å². The molecule has 0 saturated carbocycles. The van der Waals surface area contributed by atoms with Crippen molar-refractivity contribution in [3.05, 3.63) is 164 Å². The molecule has 0 aliphatic heterocycles. The Morgan fingerprint density at radius 2 is 1.02 bits per heavy atom. The third-order valence-corrected chi connectivity index (χ3v) is 9.63. The molecule has 218 valence electrons. The smallest absolute Gasteiger partial charge is 0.136 e. The van der Waals surface area contributed by atoms with E-state index in [2.05, 4.69) is 158 Å². The minimum atomic E-state index is 0.868. The minimum Gasteiger partial charge on any atom is -0.456 e. The van der Waals surface area contributed by atoms with Gasteiger partial charge in [0, 0.05) is 38.1 Å². The van der Waals surface area contributed by atoms with E-state index in [4.69, 9.17) is 9.40 Å². The van der Waals surface area contributed by atoms with E-state index in [1.54, 1.807) is 0 Å². The van der Waals surface area contributed by atoms with E-state index >= 15 is 0 Å². The summed E-state index contributed by atoms with van der Waals surface area (Å²) in [4.78, 5) is 5.24. The van der Waals surface area contributed by atoms with Gasteiger partial charge in [-0.2, -0.15) is 0 Å². The molecule has 2 nitrogen and oxygen atoms in total. The summed E-state index contributed by atoms with van der Waals surface area (Å²) in [6, 6.07) is 58.4. The molecule has 2 heterocycles. The van der Waals surface area contributed by atoms with Crippen molar-refractivity contribution in [1.29, 1.82) is 0 Å². The largest absolute Gasteiger partial charge is 0.456 e. The van der Waals surface area contributed by atoms with E-state index in [1.165, 1.54) is 43.6 Å². The van der Waals surface area contributed by atoms with Gasteiger partial charge >= 0.3 is 0 Å². The molecule has 0 unspecified atom stereocenters. The molecule has 0 aliphatic rings. The summed E-state index contributed by atoms with van der Waals surface area (Å²) in [6.07, 6.45) is 0. The fourth-order valence-corrected chi connectivity index (χ4v) is 7.53. The second kappa shape index (κ2) is 10.1. The highest BCUT2D eigenvalue weighted by Crippen LogP contribution is 2.46. The Balaban J connectivity index is 1.30. The van der Waals surface area contributed by atoms with E-state index in [9.17, 15) is 0 Å². The van der Waals surface area contributed by atoms with E-state index in [0.29, 0.717) is 0 Å². The molecular weight excluding hydrogens is 571 g/mol. The number of hydrogen-bond donors (Lipinski definition) is 0. The summed E-state index contributed by atoms with van der Waals surface area (Å²) in [5, 5.41) is 10.7. The first-order valence-corrected chi connectivity index (χ1v) is 16.1. The molecule has 2 heteroatoms. The number of para-hydroxylation sites is 2. The highest BCUT2D eigenvalue weighted by molar-refractivity contribution is 6.27. The second-order valence-electron chi connectivity index (χ2n) is 12.3. The van der Waals surface area contributed by atoms with Crippen LogP contribution in [0.15, 0.2) is 168 Å². The van der Waals surface area contributed by atoms with E-state index in [-0.39, 0.29) is 0 Å². The topological polar surface area (TPSA) is 26.0 Å². The molecule has 0 radical (unpaired) electrons. The van der Waals surface area contributed by atoms with Gasteiger partial charge in [-0.05, 0) is 62.5 Å². The van der Waals surface area contributed by atoms with Crippen molar-refractivity contribution in [3.63, 3.8) is 0 Å². The number of fused-ring (bicyclic) bond motifs is 9. The standard InChI is InChI=1S/C45H27NO/c1-2-12-30(13-3-1)45-38-27-41-44(36-19-9-11-21-40(36)47-41)42(43(38)35-18-8-10-20-39(35)46-45)29-24-22-28(23-25-29)37-26-31-14-4-5-15-32(31)33-16-6-7-17-34(33)37/h1-27H. The molecule has 8 aromatic carbocycles. The Morgan fingerprint density at radius 1 is 0.383 bits per heavy atom. The highest BCUT2D eigenvalue weighted by Gasteiger charge is 2.21. The first kappa shape index (κ1) is 26.0. The van der Waals surface area contributed by atoms with Crippen LogP contribution in [0.1, 0.15) is 0 Å². The van der Waals surface area contributed by atoms with E-state index < -0.39 is 0 Å². The molecule has 0 spiro atoms. The molecule has 0 N–H and O–H groups in total. The monoisotopic (exact) mass is 597 g/mol. The molecule has 0 fully saturated rings. The van der Waals surface area contributed by atoms with Crippen molar-refractivity contribution in [1.82, 2.24) is 4.98 Å². The number of pyridine rings is 1. The van der Waals surface area contributed by atoms with Gasteiger partial charge in [0.05, 0.1) is 11.2 Å². The Bertz CT molecular complexity index is 2830. The summed E-state index contributed by atoms with van der Waals surface area (Å²) in [6.45, 7) is 0. The van der Waals surface area contributed by atoms with Crippen molar-refractivity contribution in [3.8, 4) is 33.5 Å². The molecule has 0 saturated heterocycles. The fraction of sp³-hybridized carbons (Fsp3) is 0. The summed E-state index contributed by atoms with van der Waals surface area (Å²) >= 11 is 0. The maximum absolute atomic E-state index is 6.58. The Labute approximate surface area is 271 Å². The average Bonchev–Trinajstić information content (AvgIpc) is 3.52. The first-order chi connectivity index (χ1) is 23.3. The fourth-order valence-electron chi connectivity index (χ4n) is 7.53. The Hall–Kier alpha value is -6.25.